The van der Waals surface area contributed by atoms with Crippen LogP contribution in [-0.2, 0) is 0 Å². The number of hydrogen-bond acceptors (Lipinski definition) is 3. The molecule has 0 spiro atoms. The molecule has 0 unspecified atom stereocenters. The first-order chi connectivity index (χ1) is 9.68. The van der Waals surface area contributed by atoms with Gasteiger partial charge in [-0.3, -0.25) is 0 Å². The van der Waals surface area contributed by atoms with E-state index in [9.17, 15) is 8.99 Å². The van der Waals surface area contributed by atoms with Gasteiger partial charge < -0.3 is 10.4 Å². The molecule has 0 rings (SSSR count). The molecular formula is C18H40FNOS. The van der Waals surface area contributed by atoms with E-state index >= 15 is 0 Å². The van der Waals surface area contributed by atoms with Crippen molar-refractivity contribution >= 4 is 12.1 Å². The Hall–Kier alpha value is 0.200. The lowest BCUT2D eigenvalue weighted by Crippen LogP contribution is -2.41. The summed E-state index contributed by atoms with van der Waals surface area (Å²) < 4.78 is 12.5. The second-order valence-corrected chi connectivity index (χ2v) is 10.2. The molecule has 0 bridgehead atoms. The van der Waals surface area contributed by atoms with Crippen molar-refractivity contribution in [2.45, 2.75) is 92.4 Å². The van der Waals surface area contributed by atoms with Gasteiger partial charge in [-0.15, -0.1) is 0 Å². The third kappa shape index (κ3) is 13.8. The van der Waals surface area contributed by atoms with Crippen LogP contribution in [0.4, 0.5) is 3.89 Å². The van der Waals surface area contributed by atoms with Gasteiger partial charge in [-0.05, 0) is 51.4 Å². The zero-order valence-corrected chi connectivity index (χ0v) is 17.4. The van der Waals surface area contributed by atoms with Gasteiger partial charge in [-0.2, -0.15) is 3.89 Å². The van der Waals surface area contributed by atoms with Crippen LogP contribution in [0.2, 0.25) is 0 Å². The van der Waals surface area contributed by atoms with Gasteiger partial charge in [0.05, 0.1) is 17.7 Å². The molecule has 22 heavy (non-hydrogen) atoms. The molecule has 0 aromatic rings. The third-order valence-electron chi connectivity index (χ3n) is 3.23. The fourth-order valence-electron chi connectivity index (χ4n) is 3.22. The molecule has 0 aromatic carbocycles. The zero-order chi connectivity index (χ0) is 18.2. The molecule has 0 saturated heterocycles. The SMILES string of the molecule is CC.CC(C)(O)CC(C)(C)CNCC(C)(C)CC(C)(C)SF. The van der Waals surface area contributed by atoms with Crippen LogP contribution in [0.1, 0.15) is 82.1 Å². The first-order valence-corrected chi connectivity index (χ1v) is 9.13. The van der Waals surface area contributed by atoms with Crippen molar-refractivity contribution in [2.24, 2.45) is 10.8 Å². The number of halogens is 1. The van der Waals surface area contributed by atoms with Crippen molar-refractivity contribution in [3.8, 4) is 0 Å². The minimum atomic E-state index is -0.645. The summed E-state index contributed by atoms with van der Waals surface area (Å²) in [5.74, 6) is 0. The van der Waals surface area contributed by atoms with Gasteiger partial charge in [0.2, 0.25) is 0 Å². The first kappa shape index (κ1) is 24.5. The summed E-state index contributed by atoms with van der Waals surface area (Å²) in [4.78, 5) is 0. The smallest absolute Gasteiger partial charge is 0.0597 e. The summed E-state index contributed by atoms with van der Waals surface area (Å²) >= 11 is 0.440. The Morgan fingerprint density at radius 3 is 1.50 bits per heavy atom. The molecule has 0 aliphatic carbocycles. The highest BCUT2D eigenvalue weighted by atomic mass is 32.2. The average molecular weight is 338 g/mol. The van der Waals surface area contributed by atoms with Crippen LogP contribution in [0.25, 0.3) is 0 Å². The van der Waals surface area contributed by atoms with Crippen LogP contribution in [0.5, 0.6) is 0 Å². The topological polar surface area (TPSA) is 32.3 Å². The fraction of sp³-hybridized carbons (Fsp3) is 1.00. The molecule has 0 aliphatic rings. The van der Waals surface area contributed by atoms with Gasteiger partial charge in [0.1, 0.15) is 0 Å². The van der Waals surface area contributed by atoms with E-state index in [2.05, 4.69) is 33.0 Å². The van der Waals surface area contributed by atoms with Crippen molar-refractivity contribution in [1.82, 2.24) is 5.32 Å². The largest absolute Gasteiger partial charge is 0.390 e. The maximum Gasteiger partial charge on any atom is 0.0597 e. The Bertz CT molecular complexity index is 296. The lowest BCUT2D eigenvalue weighted by atomic mass is 9.80. The number of nitrogens with one attached hydrogen (secondary N) is 1. The van der Waals surface area contributed by atoms with E-state index in [0.717, 1.165) is 25.9 Å². The van der Waals surface area contributed by atoms with Gasteiger partial charge >= 0.3 is 0 Å². The fourth-order valence-corrected chi connectivity index (χ4v) is 3.66. The monoisotopic (exact) mass is 337 g/mol. The molecule has 0 saturated carbocycles. The summed E-state index contributed by atoms with van der Waals surface area (Å²) in [5, 5.41) is 13.4. The van der Waals surface area contributed by atoms with E-state index in [1.54, 1.807) is 0 Å². The molecule has 0 atom stereocenters. The van der Waals surface area contributed by atoms with Gasteiger partial charge in [0.15, 0.2) is 0 Å². The quantitative estimate of drug-likeness (QED) is 0.574. The predicted molar refractivity (Wildman–Crippen MR) is 100 cm³/mol. The van der Waals surface area contributed by atoms with E-state index < -0.39 is 5.60 Å². The number of aliphatic hydroxyl groups is 1. The molecule has 4 heteroatoms. The van der Waals surface area contributed by atoms with Gasteiger partial charge in [0.25, 0.3) is 0 Å². The van der Waals surface area contributed by atoms with Crippen LogP contribution in [-0.4, -0.2) is 28.5 Å². The minimum Gasteiger partial charge on any atom is -0.390 e. The first-order valence-electron chi connectivity index (χ1n) is 8.41. The molecule has 0 aliphatic heterocycles. The summed E-state index contributed by atoms with van der Waals surface area (Å²) in [6, 6.07) is 0. The molecular weight excluding hydrogens is 297 g/mol. The van der Waals surface area contributed by atoms with Gasteiger partial charge in [-0.1, -0.05) is 41.5 Å². The average Bonchev–Trinajstić information content (AvgIpc) is 2.26. The van der Waals surface area contributed by atoms with E-state index in [-0.39, 0.29) is 15.6 Å². The normalized spacial score (nSPS) is 13.6. The lowest BCUT2D eigenvalue weighted by Gasteiger charge is -2.35. The van der Waals surface area contributed by atoms with Crippen LogP contribution in [0, 0.1) is 10.8 Å². The molecule has 0 fully saturated rings. The number of hydrogen-bond donors (Lipinski definition) is 2. The number of rotatable bonds is 9. The zero-order valence-electron chi connectivity index (χ0n) is 16.6. The van der Waals surface area contributed by atoms with Crippen molar-refractivity contribution < 1.29 is 8.99 Å². The summed E-state index contributed by atoms with van der Waals surface area (Å²) in [7, 11) is 0. The van der Waals surface area contributed by atoms with Gasteiger partial charge in [0, 0.05) is 17.8 Å². The Kier molecular flexibility index (Phi) is 10.5. The lowest BCUT2D eigenvalue weighted by molar-refractivity contribution is 0.0313. The van der Waals surface area contributed by atoms with Crippen LogP contribution in [0.3, 0.4) is 0 Å². The molecule has 0 radical (unpaired) electrons. The van der Waals surface area contributed by atoms with Crippen molar-refractivity contribution in [3.05, 3.63) is 0 Å². The molecule has 0 aromatic heterocycles. The highest BCUT2D eigenvalue weighted by molar-refractivity contribution is 7.95. The van der Waals surface area contributed by atoms with Crippen LogP contribution in [0.15, 0.2) is 0 Å². The summed E-state index contributed by atoms with van der Waals surface area (Å²) in [6.07, 6.45) is 1.57. The predicted octanol–water partition coefficient (Wildman–Crippen LogP) is 5.60. The maximum absolute atomic E-state index is 12.9. The van der Waals surface area contributed by atoms with Crippen molar-refractivity contribution in [2.75, 3.05) is 13.1 Å². The van der Waals surface area contributed by atoms with E-state index in [1.165, 1.54) is 0 Å². The molecule has 0 heterocycles. The Labute approximate surface area is 143 Å². The highest BCUT2D eigenvalue weighted by Gasteiger charge is 2.31. The Morgan fingerprint density at radius 1 is 0.818 bits per heavy atom. The molecule has 2 nitrogen and oxygen atoms in total. The highest BCUT2D eigenvalue weighted by Crippen LogP contribution is 2.37. The van der Waals surface area contributed by atoms with Crippen molar-refractivity contribution in [3.63, 3.8) is 0 Å². The summed E-state index contributed by atoms with van der Waals surface area (Å²) in [6.45, 7) is 21.9. The second kappa shape index (κ2) is 9.48. The van der Waals surface area contributed by atoms with E-state index in [4.69, 9.17) is 0 Å². The minimum absolute atomic E-state index is 0.0404. The molecule has 0 amide bonds. The maximum atomic E-state index is 12.9. The Morgan fingerprint density at radius 2 is 1.18 bits per heavy atom. The standard InChI is InChI=1S/C16H34FNOS.C2H6/c1-13(2,9-15(5,6)19)11-18-12-14(3,4)10-16(7,8)20-17;1-2/h18-19H,9-12H2,1-8H3;1-2H3. The third-order valence-corrected chi connectivity index (χ3v) is 3.79. The molecule has 136 valence electrons. The van der Waals surface area contributed by atoms with Crippen LogP contribution >= 0.6 is 12.1 Å². The van der Waals surface area contributed by atoms with E-state index in [1.807, 2.05) is 41.5 Å². The van der Waals surface area contributed by atoms with Gasteiger partial charge in [-0.25, -0.2) is 0 Å². The second-order valence-electron chi connectivity index (χ2n) is 8.93. The van der Waals surface area contributed by atoms with Crippen LogP contribution < -0.4 is 5.32 Å². The molecule has 2 N–H and O–H groups in total. The van der Waals surface area contributed by atoms with Crippen molar-refractivity contribution in [1.29, 1.82) is 0 Å². The summed E-state index contributed by atoms with van der Waals surface area (Å²) in [5.41, 5.74) is -0.556. The van der Waals surface area contributed by atoms with E-state index in [0.29, 0.717) is 12.1 Å². The Balaban J connectivity index is 0.